The number of rotatable bonds is 5. The molecule has 0 N–H and O–H groups in total. The SMILES string of the molecule is Cc1cc(CCc2ccc(Cn3cccn3)cc2)ncn1. The van der Waals surface area contributed by atoms with E-state index in [1.54, 1.807) is 12.5 Å². The van der Waals surface area contributed by atoms with Crippen molar-refractivity contribution in [3.8, 4) is 0 Å². The first kappa shape index (κ1) is 13.5. The van der Waals surface area contributed by atoms with Crippen molar-refractivity contribution >= 4 is 0 Å². The normalized spacial score (nSPS) is 10.7. The van der Waals surface area contributed by atoms with Crippen LogP contribution < -0.4 is 0 Å². The molecule has 0 saturated heterocycles. The van der Waals surface area contributed by atoms with E-state index in [0.717, 1.165) is 30.8 Å². The maximum Gasteiger partial charge on any atom is 0.115 e. The second-order valence-electron chi connectivity index (χ2n) is 5.17. The van der Waals surface area contributed by atoms with Crippen LogP contribution in [0.15, 0.2) is 55.1 Å². The van der Waals surface area contributed by atoms with Crippen LogP contribution in [0.3, 0.4) is 0 Å². The average molecular weight is 278 g/mol. The molecule has 4 nitrogen and oxygen atoms in total. The fourth-order valence-electron chi connectivity index (χ4n) is 2.31. The number of hydrogen-bond acceptors (Lipinski definition) is 3. The molecule has 2 heterocycles. The number of aryl methyl sites for hydroxylation is 3. The molecule has 3 aromatic rings. The first-order chi connectivity index (χ1) is 10.3. The maximum atomic E-state index is 4.30. The molecule has 0 saturated carbocycles. The molecule has 0 unspecified atom stereocenters. The van der Waals surface area contributed by atoms with Crippen molar-refractivity contribution in [1.29, 1.82) is 0 Å². The zero-order chi connectivity index (χ0) is 14.5. The van der Waals surface area contributed by atoms with Crippen LogP contribution in [-0.4, -0.2) is 19.7 Å². The van der Waals surface area contributed by atoms with Gasteiger partial charge in [0.25, 0.3) is 0 Å². The Morgan fingerprint density at radius 3 is 2.52 bits per heavy atom. The minimum absolute atomic E-state index is 0.818. The second kappa shape index (κ2) is 6.31. The van der Waals surface area contributed by atoms with Gasteiger partial charge >= 0.3 is 0 Å². The van der Waals surface area contributed by atoms with E-state index in [1.165, 1.54) is 11.1 Å². The van der Waals surface area contributed by atoms with Gasteiger partial charge in [0.2, 0.25) is 0 Å². The van der Waals surface area contributed by atoms with Crippen LogP contribution in [0.25, 0.3) is 0 Å². The van der Waals surface area contributed by atoms with E-state index in [9.17, 15) is 0 Å². The highest BCUT2D eigenvalue weighted by Crippen LogP contribution is 2.09. The fourth-order valence-corrected chi connectivity index (χ4v) is 2.31. The summed E-state index contributed by atoms with van der Waals surface area (Å²) < 4.78 is 1.93. The molecule has 3 rings (SSSR count). The van der Waals surface area contributed by atoms with Gasteiger partial charge in [-0.1, -0.05) is 24.3 Å². The summed E-state index contributed by atoms with van der Waals surface area (Å²) in [5, 5.41) is 4.22. The lowest BCUT2D eigenvalue weighted by Gasteiger charge is -2.05. The first-order valence-electron chi connectivity index (χ1n) is 7.12. The van der Waals surface area contributed by atoms with Gasteiger partial charge in [-0.25, -0.2) is 9.97 Å². The van der Waals surface area contributed by atoms with E-state index in [2.05, 4.69) is 39.3 Å². The molecule has 4 heteroatoms. The van der Waals surface area contributed by atoms with Gasteiger partial charge in [-0.3, -0.25) is 4.68 Å². The quantitative estimate of drug-likeness (QED) is 0.721. The van der Waals surface area contributed by atoms with Gasteiger partial charge < -0.3 is 0 Å². The Morgan fingerprint density at radius 1 is 1.00 bits per heavy atom. The molecule has 0 aliphatic rings. The molecule has 0 bridgehead atoms. The van der Waals surface area contributed by atoms with Gasteiger partial charge in [0.1, 0.15) is 6.33 Å². The number of hydrogen-bond donors (Lipinski definition) is 0. The van der Waals surface area contributed by atoms with Crippen molar-refractivity contribution in [3.05, 3.63) is 77.6 Å². The molecular weight excluding hydrogens is 260 g/mol. The van der Waals surface area contributed by atoms with Crippen molar-refractivity contribution in [1.82, 2.24) is 19.7 Å². The third-order valence-electron chi connectivity index (χ3n) is 3.46. The molecule has 106 valence electrons. The summed E-state index contributed by atoms with van der Waals surface area (Å²) in [5.41, 5.74) is 4.72. The summed E-state index contributed by atoms with van der Waals surface area (Å²) >= 11 is 0. The Morgan fingerprint density at radius 2 is 1.81 bits per heavy atom. The van der Waals surface area contributed by atoms with E-state index < -0.39 is 0 Å². The highest BCUT2D eigenvalue weighted by Gasteiger charge is 2.00. The molecule has 21 heavy (non-hydrogen) atoms. The molecule has 1 aromatic carbocycles. The fraction of sp³-hybridized carbons (Fsp3) is 0.235. The largest absolute Gasteiger partial charge is 0.268 e. The molecule has 0 spiro atoms. The summed E-state index contributed by atoms with van der Waals surface area (Å²) in [7, 11) is 0. The summed E-state index contributed by atoms with van der Waals surface area (Å²) in [6.07, 6.45) is 7.36. The third-order valence-corrected chi connectivity index (χ3v) is 3.46. The predicted octanol–water partition coefficient (Wildman–Crippen LogP) is 2.82. The summed E-state index contributed by atoms with van der Waals surface area (Å²) in [5.74, 6) is 0. The second-order valence-corrected chi connectivity index (χ2v) is 5.17. The van der Waals surface area contributed by atoms with Gasteiger partial charge in [0, 0.05) is 23.8 Å². The summed E-state index contributed by atoms with van der Waals surface area (Å²) in [6.45, 7) is 2.81. The topological polar surface area (TPSA) is 43.6 Å². The van der Waals surface area contributed by atoms with Crippen LogP contribution >= 0.6 is 0 Å². The van der Waals surface area contributed by atoms with Crippen LogP contribution in [0, 0.1) is 6.92 Å². The zero-order valence-corrected chi connectivity index (χ0v) is 12.1. The molecule has 0 atom stereocenters. The van der Waals surface area contributed by atoms with Gasteiger partial charge in [-0.15, -0.1) is 0 Å². The van der Waals surface area contributed by atoms with Gasteiger partial charge in [0.05, 0.1) is 6.54 Å². The highest BCUT2D eigenvalue weighted by atomic mass is 15.3. The van der Waals surface area contributed by atoms with Crippen molar-refractivity contribution in [2.45, 2.75) is 26.3 Å². The lowest BCUT2D eigenvalue weighted by atomic mass is 10.1. The minimum Gasteiger partial charge on any atom is -0.268 e. The van der Waals surface area contributed by atoms with E-state index in [4.69, 9.17) is 0 Å². The van der Waals surface area contributed by atoms with Gasteiger partial charge in [0.15, 0.2) is 0 Å². The zero-order valence-electron chi connectivity index (χ0n) is 12.1. The lowest BCUT2D eigenvalue weighted by Crippen LogP contribution is -2.00. The highest BCUT2D eigenvalue weighted by molar-refractivity contribution is 5.23. The van der Waals surface area contributed by atoms with Crippen molar-refractivity contribution in [2.24, 2.45) is 0 Å². The standard InChI is InChI=1S/C17H18N4/c1-14-11-17(19-13-18-14)8-7-15-3-5-16(6-4-15)12-21-10-2-9-20-21/h2-6,9-11,13H,7-8,12H2,1H3. The van der Waals surface area contributed by atoms with Crippen LogP contribution in [0.5, 0.6) is 0 Å². The molecule has 0 aliphatic carbocycles. The van der Waals surface area contributed by atoms with Crippen molar-refractivity contribution < 1.29 is 0 Å². The number of nitrogens with zero attached hydrogens (tertiary/aromatic N) is 4. The Bertz CT molecular complexity index is 687. The Labute approximate surface area is 124 Å². The minimum atomic E-state index is 0.818. The Balaban J connectivity index is 1.59. The van der Waals surface area contributed by atoms with Crippen LogP contribution in [0.4, 0.5) is 0 Å². The molecule has 0 aliphatic heterocycles. The Kier molecular flexibility index (Phi) is 4.05. The molecule has 0 radical (unpaired) electrons. The third kappa shape index (κ3) is 3.75. The molecule has 0 amide bonds. The number of aromatic nitrogens is 4. The van der Waals surface area contributed by atoms with E-state index in [1.807, 2.05) is 29.9 Å². The van der Waals surface area contributed by atoms with Crippen molar-refractivity contribution in [3.63, 3.8) is 0 Å². The first-order valence-corrected chi connectivity index (χ1v) is 7.12. The van der Waals surface area contributed by atoms with E-state index in [-0.39, 0.29) is 0 Å². The average Bonchev–Trinajstić information content (AvgIpc) is 3.00. The van der Waals surface area contributed by atoms with Crippen LogP contribution in [0.2, 0.25) is 0 Å². The predicted molar refractivity (Wildman–Crippen MR) is 81.9 cm³/mol. The molecule has 0 fully saturated rings. The van der Waals surface area contributed by atoms with Crippen molar-refractivity contribution in [2.75, 3.05) is 0 Å². The maximum absolute atomic E-state index is 4.30. The smallest absolute Gasteiger partial charge is 0.115 e. The molecule has 2 aromatic heterocycles. The summed E-state index contributed by atoms with van der Waals surface area (Å²) in [4.78, 5) is 8.42. The van der Waals surface area contributed by atoms with E-state index >= 15 is 0 Å². The summed E-state index contributed by atoms with van der Waals surface area (Å²) in [6, 6.07) is 12.7. The van der Waals surface area contributed by atoms with E-state index in [0.29, 0.717) is 0 Å². The Hall–Kier alpha value is -2.49. The monoisotopic (exact) mass is 278 g/mol. The van der Waals surface area contributed by atoms with Crippen LogP contribution in [0.1, 0.15) is 22.5 Å². The van der Waals surface area contributed by atoms with Crippen LogP contribution in [-0.2, 0) is 19.4 Å². The molecular formula is C17H18N4. The number of benzene rings is 1. The van der Waals surface area contributed by atoms with Gasteiger partial charge in [-0.05, 0) is 43.0 Å². The lowest BCUT2D eigenvalue weighted by molar-refractivity contribution is 0.686. The van der Waals surface area contributed by atoms with Gasteiger partial charge in [-0.2, -0.15) is 5.10 Å².